The average Bonchev–Trinajstić information content (AvgIpc) is 2.97. The van der Waals surface area contributed by atoms with E-state index in [2.05, 4.69) is 29.6 Å². The minimum atomic E-state index is -0.900. The van der Waals surface area contributed by atoms with Crippen LogP contribution in [0.4, 0.5) is 4.79 Å². The van der Waals surface area contributed by atoms with Crippen molar-refractivity contribution in [2.45, 2.75) is 26.2 Å². The number of nitrogens with one attached hydrogen (secondary N) is 1. The first-order chi connectivity index (χ1) is 13.0. The zero-order chi connectivity index (χ0) is 19.4. The molecule has 1 amide bonds. The summed E-state index contributed by atoms with van der Waals surface area (Å²) in [6, 6.07) is 16.3. The third-order valence-corrected chi connectivity index (χ3v) is 4.94. The van der Waals surface area contributed by atoms with Crippen LogP contribution in [-0.4, -0.2) is 30.3 Å². The molecule has 0 aliphatic heterocycles. The van der Waals surface area contributed by atoms with Crippen LogP contribution in [0.25, 0.3) is 11.1 Å². The van der Waals surface area contributed by atoms with Crippen molar-refractivity contribution in [3.05, 3.63) is 59.7 Å². The minimum Gasteiger partial charge on any atom is -0.481 e. The third-order valence-electron chi connectivity index (χ3n) is 4.94. The number of hydrogen-bond acceptors (Lipinski definition) is 3. The topological polar surface area (TPSA) is 75.6 Å². The summed E-state index contributed by atoms with van der Waals surface area (Å²) in [5.41, 5.74) is 4.64. The van der Waals surface area contributed by atoms with Gasteiger partial charge in [-0.05, 0) is 34.6 Å². The molecule has 0 saturated carbocycles. The summed E-state index contributed by atoms with van der Waals surface area (Å²) in [4.78, 5) is 23.4. The predicted octanol–water partition coefficient (Wildman–Crippen LogP) is 4.27. The molecule has 0 radical (unpaired) electrons. The van der Waals surface area contributed by atoms with Gasteiger partial charge in [0.2, 0.25) is 0 Å². The molecule has 3 rings (SSSR count). The first kappa shape index (κ1) is 19.0. The summed E-state index contributed by atoms with van der Waals surface area (Å²) in [6.07, 6.45) is -0.0641. The van der Waals surface area contributed by atoms with Gasteiger partial charge in [0.25, 0.3) is 0 Å². The van der Waals surface area contributed by atoms with Crippen LogP contribution in [0.3, 0.4) is 0 Å². The normalized spacial score (nSPS) is 13.7. The van der Waals surface area contributed by atoms with Crippen LogP contribution in [-0.2, 0) is 9.53 Å². The van der Waals surface area contributed by atoms with Gasteiger partial charge >= 0.3 is 12.1 Å². The van der Waals surface area contributed by atoms with E-state index in [0.29, 0.717) is 6.42 Å². The van der Waals surface area contributed by atoms with Crippen molar-refractivity contribution in [2.24, 2.45) is 11.8 Å². The van der Waals surface area contributed by atoms with E-state index in [9.17, 15) is 14.7 Å². The highest BCUT2D eigenvalue weighted by Crippen LogP contribution is 2.44. The van der Waals surface area contributed by atoms with Gasteiger partial charge in [0, 0.05) is 12.5 Å². The van der Waals surface area contributed by atoms with Crippen LogP contribution in [0.2, 0.25) is 0 Å². The highest BCUT2D eigenvalue weighted by atomic mass is 16.5. The molecule has 0 bridgehead atoms. The highest BCUT2D eigenvalue weighted by molar-refractivity contribution is 5.79. The molecule has 0 spiro atoms. The summed E-state index contributed by atoms with van der Waals surface area (Å²) in [7, 11) is 0. The molecule has 1 aliphatic rings. The lowest BCUT2D eigenvalue weighted by atomic mass is 9.97. The van der Waals surface area contributed by atoms with Gasteiger partial charge in [-0.2, -0.15) is 0 Å². The van der Waals surface area contributed by atoms with E-state index >= 15 is 0 Å². The minimum absolute atomic E-state index is 0.00548. The lowest BCUT2D eigenvalue weighted by Gasteiger charge is -2.17. The largest absolute Gasteiger partial charge is 0.481 e. The molecular weight excluding hydrogens is 342 g/mol. The summed E-state index contributed by atoms with van der Waals surface area (Å²) >= 11 is 0. The number of rotatable bonds is 7. The second kappa shape index (κ2) is 8.25. The maximum absolute atomic E-state index is 12.1. The maximum Gasteiger partial charge on any atom is 0.407 e. The highest BCUT2D eigenvalue weighted by Gasteiger charge is 2.29. The van der Waals surface area contributed by atoms with Gasteiger partial charge < -0.3 is 15.2 Å². The van der Waals surface area contributed by atoms with Crippen LogP contribution in [0.15, 0.2) is 48.5 Å². The van der Waals surface area contributed by atoms with Crippen molar-refractivity contribution in [3.8, 4) is 11.1 Å². The molecule has 0 fully saturated rings. The van der Waals surface area contributed by atoms with Crippen LogP contribution in [0.5, 0.6) is 0 Å². The third kappa shape index (κ3) is 4.30. The molecule has 0 saturated heterocycles. The molecule has 0 heterocycles. The summed E-state index contributed by atoms with van der Waals surface area (Å²) in [6.45, 7) is 4.22. The first-order valence-electron chi connectivity index (χ1n) is 9.29. The van der Waals surface area contributed by atoms with E-state index < -0.39 is 18.0 Å². The molecule has 5 heteroatoms. The van der Waals surface area contributed by atoms with Gasteiger partial charge in [-0.25, -0.2) is 4.79 Å². The number of aliphatic carboxylic acids is 1. The number of fused-ring (bicyclic) bond motifs is 3. The number of carbonyl (C=O) groups is 2. The van der Waals surface area contributed by atoms with Gasteiger partial charge in [-0.3, -0.25) is 4.79 Å². The van der Waals surface area contributed by atoms with Gasteiger partial charge in [-0.1, -0.05) is 62.4 Å². The smallest absolute Gasteiger partial charge is 0.407 e. The van der Waals surface area contributed by atoms with Crippen molar-refractivity contribution in [3.63, 3.8) is 0 Å². The lowest BCUT2D eigenvalue weighted by Crippen LogP contribution is -2.34. The van der Waals surface area contributed by atoms with E-state index in [4.69, 9.17) is 4.74 Å². The zero-order valence-electron chi connectivity index (χ0n) is 15.6. The molecule has 142 valence electrons. The van der Waals surface area contributed by atoms with E-state index in [1.165, 1.54) is 11.1 Å². The van der Waals surface area contributed by atoms with Crippen LogP contribution >= 0.6 is 0 Å². The fourth-order valence-electron chi connectivity index (χ4n) is 3.70. The Morgan fingerprint density at radius 1 is 1.04 bits per heavy atom. The van der Waals surface area contributed by atoms with Crippen molar-refractivity contribution < 1.29 is 19.4 Å². The SMILES string of the molecule is CC(C)C[C@@H](CNC(=O)OCC1c2ccccc2-c2ccccc21)C(=O)O. The second-order valence-corrected chi connectivity index (χ2v) is 7.37. The zero-order valence-corrected chi connectivity index (χ0v) is 15.6. The molecule has 2 aromatic carbocycles. The van der Waals surface area contributed by atoms with E-state index in [1.807, 2.05) is 38.1 Å². The monoisotopic (exact) mass is 367 g/mol. The lowest BCUT2D eigenvalue weighted by molar-refractivity contribution is -0.142. The van der Waals surface area contributed by atoms with E-state index in [0.717, 1.165) is 11.1 Å². The quantitative estimate of drug-likeness (QED) is 0.766. The molecule has 2 N–H and O–H groups in total. The van der Waals surface area contributed by atoms with Gasteiger partial charge in [0.05, 0.1) is 5.92 Å². The number of carbonyl (C=O) groups excluding carboxylic acids is 1. The van der Waals surface area contributed by atoms with Crippen molar-refractivity contribution in [1.29, 1.82) is 0 Å². The Balaban J connectivity index is 1.62. The molecule has 0 unspecified atom stereocenters. The number of hydrogen-bond donors (Lipinski definition) is 2. The van der Waals surface area contributed by atoms with Crippen LogP contribution in [0.1, 0.15) is 37.3 Å². The van der Waals surface area contributed by atoms with Crippen molar-refractivity contribution in [1.82, 2.24) is 5.32 Å². The molecule has 27 heavy (non-hydrogen) atoms. The Hall–Kier alpha value is -2.82. The number of alkyl carbamates (subject to hydrolysis) is 1. The standard InChI is InChI=1S/C22H25NO4/c1-14(2)11-15(21(24)25)12-23-22(26)27-13-20-18-9-5-3-7-16(18)17-8-4-6-10-19(17)20/h3-10,14-15,20H,11-13H2,1-2H3,(H,23,26)(H,24,25)/t15-/m0/s1. The Morgan fingerprint density at radius 3 is 2.11 bits per heavy atom. The second-order valence-electron chi connectivity index (χ2n) is 7.37. The molecule has 2 aromatic rings. The predicted molar refractivity (Wildman–Crippen MR) is 104 cm³/mol. The number of carboxylic acid groups (broad SMARTS) is 1. The first-order valence-corrected chi connectivity index (χ1v) is 9.29. The number of carboxylic acids is 1. The number of ether oxygens (including phenoxy) is 1. The molecule has 0 aromatic heterocycles. The summed E-state index contributed by atoms with van der Waals surface area (Å²) in [5.74, 6) is -1.27. The van der Waals surface area contributed by atoms with Gasteiger partial charge in [-0.15, -0.1) is 0 Å². The van der Waals surface area contributed by atoms with E-state index in [1.54, 1.807) is 0 Å². The molecule has 5 nitrogen and oxygen atoms in total. The summed E-state index contributed by atoms with van der Waals surface area (Å²) < 4.78 is 5.43. The maximum atomic E-state index is 12.1. The molecular formula is C22H25NO4. The number of benzene rings is 2. The fraction of sp³-hybridized carbons (Fsp3) is 0.364. The Bertz CT molecular complexity index is 785. The van der Waals surface area contributed by atoms with Crippen LogP contribution < -0.4 is 5.32 Å². The van der Waals surface area contributed by atoms with E-state index in [-0.39, 0.29) is 25.0 Å². The Kier molecular flexibility index (Phi) is 5.79. The van der Waals surface area contributed by atoms with Crippen LogP contribution in [0, 0.1) is 11.8 Å². The van der Waals surface area contributed by atoms with Gasteiger partial charge in [0.15, 0.2) is 0 Å². The van der Waals surface area contributed by atoms with Crippen molar-refractivity contribution >= 4 is 12.1 Å². The summed E-state index contributed by atoms with van der Waals surface area (Å²) in [5, 5.41) is 11.9. The number of amides is 1. The van der Waals surface area contributed by atoms with Gasteiger partial charge in [0.1, 0.15) is 6.61 Å². The fourth-order valence-corrected chi connectivity index (χ4v) is 3.70. The molecule has 1 aliphatic carbocycles. The Morgan fingerprint density at radius 2 is 1.59 bits per heavy atom. The van der Waals surface area contributed by atoms with Crippen molar-refractivity contribution in [2.75, 3.05) is 13.2 Å². The average molecular weight is 367 g/mol. The Labute approximate surface area is 159 Å². The molecule has 1 atom stereocenters.